The van der Waals surface area contributed by atoms with Crippen molar-refractivity contribution < 1.29 is 22.1 Å². The SMILES string of the molecule is CS(=O)(=O)Oc1ccc(Br)cc1/C=C1\N=C(c2cccs2)OC1=O. The molecule has 0 spiro atoms. The molecule has 0 radical (unpaired) electrons. The highest BCUT2D eigenvalue weighted by molar-refractivity contribution is 9.10. The summed E-state index contributed by atoms with van der Waals surface area (Å²) in [5, 5.41) is 1.85. The number of ether oxygens (including phenoxy) is 1. The van der Waals surface area contributed by atoms with Crippen LogP contribution in [0.5, 0.6) is 5.75 Å². The summed E-state index contributed by atoms with van der Waals surface area (Å²) in [6.45, 7) is 0. The maximum absolute atomic E-state index is 12.0. The zero-order valence-corrected chi connectivity index (χ0v) is 15.4. The van der Waals surface area contributed by atoms with Crippen molar-refractivity contribution in [2.75, 3.05) is 6.26 Å². The number of aliphatic imine (C=N–C) groups is 1. The second-order valence-corrected chi connectivity index (χ2v) is 8.22. The smallest absolute Gasteiger partial charge is 0.363 e. The number of hydrogen-bond donors (Lipinski definition) is 0. The van der Waals surface area contributed by atoms with Crippen molar-refractivity contribution in [1.29, 1.82) is 0 Å². The van der Waals surface area contributed by atoms with E-state index in [1.165, 1.54) is 23.5 Å². The molecule has 0 N–H and O–H groups in total. The highest BCUT2D eigenvalue weighted by Gasteiger charge is 2.25. The summed E-state index contributed by atoms with van der Waals surface area (Å²) in [5.41, 5.74) is 0.452. The van der Waals surface area contributed by atoms with Crippen LogP contribution in [-0.4, -0.2) is 26.5 Å². The first-order valence-electron chi connectivity index (χ1n) is 6.57. The van der Waals surface area contributed by atoms with Gasteiger partial charge in [0.05, 0.1) is 11.1 Å². The zero-order chi connectivity index (χ0) is 17.3. The average molecular weight is 428 g/mol. The third-order valence-corrected chi connectivity index (χ3v) is 4.69. The predicted octanol–water partition coefficient (Wildman–Crippen LogP) is 3.19. The van der Waals surface area contributed by atoms with E-state index in [4.69, 9.17) is 8.92 Å². The summed E-state index contributed by atoms with van der Waals surface area (Å²) in [5.74, 6) is -0.286. The Morgan fingerprint density at radius 3 is 2.79 bits per heavy atom. The zero-order valence-electron chi connectivity index (χ0n) is 12.2. The summed E-state index contributed by atoms with van der Waals surface area (Å²) in [4.78, 5) is 16.9. The van der Waals surface area contributed by atoms with Crippen molar-refractivity contribution in [2.24, 2.45) is 4.99 Å². The molecule has 1 aromatic carbocycles. The number of rotatable bonds is 4. The Morgan fingerprint density at radius 2 is 2.12 bits per heavy atom. The lowest BCUT2D eigenvalue weighted by Crippen LogP contribution is -2.07. The molecule has 0 saturated heterocycles. The first-order chi connectivity index (χ1) is 11.3. The molecule has 1 aliphatic rings. The summed E-state index contributed by atoms with van der Waals surface area (Å²) >= 11 is 4.70. The maximum atomic E-state index is 12.0. The van der Waals surface area contributed by atoms with E-state index in [1.807, 2.05) is 11.4 Å². The third kappa shape index (κ3) is 3.92. The van der Waals surface area contributed by atoms with Gasteiger partial charge >= 0.3 is 16.1 Å². The third-order valence-electron chi connectivity index (χ3n) is 2.86. The van der Waals surface area contributed by atoms with Gasteiger partial charge in [0.1, 0.15) is 5.75 Å². The van der Waals surface area contributed by atoms with Crippen LogP contribution in [0.15, 0.2) is 50.9 Å². The van der Waals surface area contributed by atoms with Crippen LogP contribution in [0.1, 0.15) is 10.4 Å². The first kappa shape index (κ1) is 16.9. The van der Waals surface area contributed by atoms with Crippen LogP contribution in [0.25, 0.3) is 6.08 Å². The fourth-order valence-corrected chi connectivity index (χ4v) is 3.44. The number of benzene rings is 1. The lowest BCUT2D eigenvalue weighted by Gasteiger charge is -2.07. The fraction of sp³-hybridized carbons (Fsp3) is 0.0667. The highest BCUT2D eigenvalue weighted by Crippen LogP contribution is 2.29. The van der Waals surface area contributed by atoms with Gasteiger partial charge in [0.25, 0.3) is 0 Å². The van der Waals surface area contributed by atoms with E-state index in [0.717, 1.165) is 11.1 Å². The molecule has 124 valence electrons. The van der Waals surface area contributed by atoms with Crippen LogP contribution in [-0.2, 0) is 19.6 Å². The molecule has 6 nitrogen and oxygen atoms in total. The number of carbonyl (C=O) groups is 1. The number of esters is 1. The average Bonchev–Trinajstić information content (AvgIpc) is 3.11. The van der Waals surface area contributed by atoms with E-state index in [9.17, 15) is 13.2 Å². The van der Waals surface area contributed by atoms with E-state index < -0.39 is 16.1 Å². The van der Waals surface area contributed by atoms with Crippen LogP contribution in [0, 0.1) is 0 Å². The molecule has 0 atom stereocenters. The Labute approximate surface area is 150 Å². The normalized spacial score (nSPS) is 16.2. The largest absolute Gasteiger partial charge is 0.401 e. The Bertz CT molecular complexity index is 962. The van der Waals surface area contributed by atoms with Crippen LogP contribution < -0.4 is 4.18 Å². The predicted molar refractivity (Wildman–Crippen MR) is 94.5 cm³/mol. The molecule has 0 amide bonds. The molecule has 2 heterocycles. The molecule has 1 aliphatic heterocycles. The van der Waals surface area contributed by atoms with Crippen LogP contribution >= 0.6 is 27.3 Å². The molecule has 0 aliphatic carbocycles. The van der Waals surface area contributed by atoms with Gasteiger partial charge in [0.2, 0.25) is 5.90 Å². The molecule has 1 aromatic heterocycles. The number of cyclic esters (lactones) is 1. The molecule has 24 heavy (non-hydrogen) atoms. The lowest BCUT2D eigenvalue weighted by molar-refractivity contribution is -0.129. The van der Waals surface area contributed by atoms with Gasteiger partial charge in [-0.2, -0.15) is 8.42 Å². The molecular formula is C15H10BrNO5S2. The van der Waals surface area contributed by atoms with Crippen molar-refractivity contribution >= 4 is 55.3 Å². The minimum atomic E-state index is -3.70. The van der Waals surface area contributed by atoms with Gasteiger partial charge in [-0.1, -0.05) is 22.0 Å². The standard InChI is InChI=1S/C15H10BrNO5S2/c1-24(19,20)22-12-5-4-10(16)7-9(12)8-11-15(18)21-14(17-11)13-3-2-6-23-13/h2-8H,1H3/b11-8-. The molecule has 0 bridgehead atoms. The van der Waals surface area contributed by atoms with Crippen LogP contribution in [0.4, 0.5) is 0 Å². The molecule has 3 rings (SSSR count). The maximum Gasteiger partial charge on any atom is 0.363 e. The van der Waals surface area contributed by atoms with Gasteiger partial charge in [-0.15, -0.1) is 11.3 Å². The number of thiophene rings is 1. The molecule has 0 unspecified atom stereocenters. The number of carbonyl (C=O) groups excluding carboxylic acids is 1. The summed E-state index contributed by atoms with van der Waals surface area (Å²) in [6.07, 6.45) is 2.37. The van der Waals surface area contributed by atoms with Gasteiger partial charge in [-0.25, -0.2) is 9.79 Å². The van der Waals surface area contributed by atoms with Crippen LogP contribution in [0.3, 0.4) is 0 Å². The van der Waals surface area contributed by atoms with Gasteiger partial charge in [-0.3, -0.25) is 0 Å². The molecule has 0 saturated carbocycles. The van der Waals surface area contributed by atoms with Crippen molar-refractivity contribution in [1.82, 2.24) is 0 Å². The second kappa shape index (κ2) is 6.50. The van der Waals surface area contributed by atoms with Crippen molar-refractivity contribution in [3.05, 3.63) is 56.3 Å². The number of nitrogens with zero attached hydrogens (tertiary/aromatic N) is 1. The van der Waals surface area contributed by atoms with E-state index in [0.29, 0.717) is 10.0 Å². The Hall–Kier alpha value is -1.97. The minimum Gasteiger partial charge on any atom is -0.401 e. The van der Waals surface area contributed by atoms with Gasteiger partial charge in [0, 0.05) is 10.0 Å². The van der Waals surface area contributed by atoms with Gasteiger partial charge < -0.3 is 8.92 Å². The van der Waals surface area contributed by atoms with E-state index >= 15 is 0 Å². The molecular weight excluding hydrogens is 418 g/mol. The topological polar surface area (TPSA) is 82.0 Å². The molecule has 0 fully saturated rings. The van der Waals surface area contributed by atoms with Gasteiger partial charge in [-0.05, 0) is 35.7 Å². The van der Waals surface area contributed by atoms with Crippen molar-refractivity contribution in [3.8, 4) is 5.75 Å². The van der Waals surface area contributed by atoms with Gasteiger partial charge in [0.15, 0.2) is 5.70 Å². The highest BCUT2D eigenvalue weighted by atomic mass is 79.9. The Morgan fingerprint density at radius 1 is 1.33 bits per heavy atom. The monoisotopic (exact) mass is 427 g/mol. The van der Waals surface area contributed by atoms with Crippen LogP contribution in [0.2, 0.25) is 0 Å². The van der Waals surface area contributed by atoms with E-state index in [2.05, 4.69) is 20.9 Å². The Balaban J connectivity index is 2.02. The van der Waals surface area contributed by atoms with Crippen molar-refractivity contribution in [2.45, 2.75) is 0 Å². The summed E-state index contributed by atoms with van der Waals surface area (Å²) in [6, 6.07) is 8.36. The van der Waals surface area contributed by atoms with Crippen molar-refractivity contribution in [3.63, 3.8) is 0 Å². The van der Waals surface area contributed by atoms with E-state index in [1.54, 1.807) is 18.2 Å². The Kier molecular flexibility index (Phi) is 4.57. The van der Waals surface area contributed by atoms with E-state index in [-0.39, 0.29) is 17.3 Å². The second-order valence-electron chi connectivity index (χ2n) is 4.78. The molecule has 9 heteroatoms. The minimum absolute atomic E-state index is 0.0647. The summed E-state index contributed by atoms with van der Waals surface area (Å²) < 4.78 is 33.5. The number of hydrogen-bond acceptors (Lipinski definition) is 7. The fourth-order valence-electron chi connectivity index (χ4n) is 1.93. The lowest BCUT2D eigenvalue weighted by atomic mass is 10.1. The molecule has 2 aromatic rings. The quantitative estimate of drug-likeness (QED) is 0.425. The number of halogens is 1. The summed E-state index contributed by atoms with van der Waals surface area (Å²) in [7, 11) is -3.70. The first-order valence-corrected chi connectivity index (χ1v) is 10.1.